The predicted octanol–water partition coefficient (Wildman–Crippen LogP) is 0.0902. The highest BCUT2D eigenvalue weighted by Crippen LogP contribution is 2.24. The fourth-order valence-electron chi connectivity index (χ4n) is 2.09. The van der Waals surface area contributed by atoms with E-state index in [1.807, 2.05) is 0 Å². The van der Waals surface area contributed by atoms with Gasteiger partial charge in [0.05, 0.1) is 11.5 Å². The summed E-state index contributed by atoms with van der Waals surface area (Å²) in [6, 6.07) is 0.271. The number of sulfone groups is 1. The molecule has 0 bridgehead atoms. The lowest BCUT2D eigenvalue weighted by Gasteiger charge is -2.41. The molecule has 0 aromatic carbocycles. The minimum absolute atomic E-state index is 0.107. The Morgan fingerprint density at radius 1 is 1.27 bits per heavy atom. The molecule has 0 radical (unpaired) electrons. The van der Waals surface area contributed by atoms with Crippen LogP contribution in [0.3, 0.4) is 0 Å². The molecule has 1 fully saturated rings. The van der Waals surface area contributed by atoms with Gasteiger partial charge in [-0.25, -0.2) is 8.42 Å². The van der Waals surface area contributed by atoms with Gasteiger partial charge in [0.15, 0.2) is 9.84 Å². The Balaban J connectivity index is 2.66. The third-order valence-corrected chi connectivity index (χ3v) is 4.65. The SMILES string of the molecule is CC(C)(C)C(CN)N1CCS(=O)(=O)CC1. The molecule has 0 amide bonds. The van der Waals surface area contributed by atoms with E-state index in [2.05, 4.69) is 25.7 Å². The lowest BCUT2D eigenvalue weighted by atomic mass is 9.85. The van der Waals surface area contributed by atoms with Gasteiger partial charge in [0.2, 0.25) is 0 Å². The van der Waals surface area contributed by atoms with Crippen molar-refractivity contribution in [1.82, 2.24) is 4.90 Å². The maximum atomic E-state index is 11.3. The van der Waals surface area contributed by atoms with Gasteiger partial charge >= 0.3 is 0 Å². The number of nitrogens with two attached hydrogens (primary N) is 1. The fourth-order valence-corrected chi connectivity index (χ4v) is 3.32. The summed E-state index contributed by atoms with van der Waals surface area (Å²) in [5.41, 5.74) is 5.87. The summed E-state index contributed by atoms with van der Waals surface area (Å²) in [6.45, 7) is 8.28. The van der Waals surface area contributed by atoms with E-state index in [0.29, 0.717) is 19.6 Å². The lowest BCUT2D eigenvalue weighted by molar-refractivity contribution is 0.114. The second-order valence-electron chi connectivity index (χ2n) is 5.31. The summed E-state index contributed by atoms with van der Waals surface area (Å²) in [4.78, 5) is 2.21. The third kappa shape index (κ3) is 3.43. The van der Waals surface area contributed by atoms with E-state index in [0.717, 1.165) is 0 Å². The van der Waals surface area contributed by atoms with Gasteiger partial charge in [-0.15, -0.1) is 0 Å². The first kappa shape index (κ1) is 12.9. The maximum Gasteiger partial charge on any atom is 0.152 e. The molecule has 0 aliphatic carbocycles. The number of rotatable bonds is 2. The van der Waals surface area contributed by atoms with Gasteiger partial charge in [-0.05, 0) is 5.41 Å². The van der Waals surface area contributed by atoms with Gasteiger partial charge < -0.3 is 5.73 Å². The first-order chi connectivity index (χ1) is 6.76. The molecule has 15 heavy (non-hydrogen) atoms. The lowest BCUT2D eigenvalue weighted by Crippen LogP contribution is -2.54. The highest BCUT2D eigenvalue weighted by Gasteiger charge is 2.32. The van der Waals surface area contributed by atoms with Crippen molar-refractivity contribution >= 4 is 9.84 Å². The molecular formula is C10H22N2O2S. The first-order valence-corrected chi connectivity index (χ1v) is 7.23. The zero-order valence-corrected chi connectivity index (χ0v) is 10.7. The minimum atomic E-state index is -2.79. The number of nitrogens with zero attached hydrogens (tertiary/aromatic N) is 1. The quantitative estimate of drug-likeness (QED) is 0.735. The Morgan fingerprint density at radius 2 is 1.73 bits per heavy atom. The number of hydrogen-bond donors (Lipinski definition) is 1. The van der Waals surface area contributed by atoms with E-state index < -0.39 is 9.84 Å². The molecule has 4 nitrogen and oxygen atoms in total. The zero-order valence-electron chi connectivity index (χ0n) is 9.86. The summed E-state index contributed by atoms with van der Waals surface area (Å²) in [5, 5.41) is 0. The van der Waals surface area contributed by atoms with Crippen LogP contribution >= 0.6 is 0 Å². The van der Waals surface area contributed by atoms with Crippen molar-refractivity contribution in [3.63, 3.8) is 0 Å². The molecule has 1 aliphatic rings. The van der Waals surface area contributed by atoms with Crippen molar-refractivity contribution < 1.29 is 8.42 Å². The molecule has 90 valence electrons. The average molecular weight is 234 g/mol. The molecule has 0 aromatic heterocycles. The van der Waals surface area contributed by atoms with Crippen LogP contribution in [0.25, 0.3) is 0 Å². The monoisotopic (exact) mass is 234 g/mol. The number of hydrogen-bond acceptors (Lipinski definition) is 4. The summed E-state index contributed by atoms with van der Waals surface area (Å²) >= 11 is 0. The van der Waals surface area contributed by atoms with Crippen molar-refractivity contribution in [3.05, 3.63) is 0 Å². The van der Waals surface area contributed by atoms with Gasteiger partial charge in [0.1, 0.15) is 0 Å². The van der Waals surface area contributed by atoms with Gasteiger partial charge in [-0.2, -0.15) is 0 Å². The van der Waals surface area contributed by atoms with E-state index in [1.54, 1.807) is 0 Å². The normalized spacial score (nSPS) is 25.1. The Labute approximate surface area is 92.7 Å². The summed E-state index contributed by atoms with van der Waals surface area (Å²) < 4.78 is 22.6. The van der Waals surface area contributed by atoms with Gasteiger partial charge in [0, 0.05) is 25.7 Å². The molecule has 1 rings (SSSR count). The second kappa shape index (κ2) is 4.39. The van der Waals surface area contributed by atoms with Gasteiger partial charge in [0.25, 0.3) is 0 Å². The summed E-state index contributed by atoms with van der Waals surface area (Å²) in [6.07, 6.45) is 0. The molecule has 0 saturated carbocycles. The van der Waals surface area contributed by atoms with Gasteiger partial charge in [-0.3, -0.25) is 4.90 Å². The van der Waals surface area contributed by atoms with E-state index >= 15 is 0 Å². The molecule has 1 heterocycles. The first-order valence-electron chi connectivity index (χ1n) is 5.41. The topological polar surface area (TPSA) is 63.4 Å². The van der Waals surface area contributed by atoms with Crippen molar-refractivity contribution in [2.24, 2.45) is 11.1 Å². The molecule has 5 heteroatoms. The van der Waals surface area contributed by atoms with E-state index in [-0.39, 0.29) is 23.0 Å². The second-order valence-corrected chi connectivity index (χ2v) is 7.61. The van der Waals surface area contributed by atoms with Crippen molar-refractivity contribution in [2.45, 2.75) is 26.8 Å². The molecule has 1 aliphatic heterocycles. The molecule has 1 atom stereocenters. The van der Waals surface area contributed by atoms with Crippen LogP contribution in [0.4, 0.5) is 0 Å². The van der Waals surface area contributed by atoms with Crippen LogP contribution in [-0.2, 0) is 9.84 Å². The molecule has 1 unspecified atom stereocenters. The highest BCUT2D eigenvalue weighted by atomic mass is 32.2. The molecular weight excluding hydrogens is 212 g/mol. The predicted molar refractivity (Wildman–Crippen MR) is 62.5 cm³/mol. The van der Waals surface area contributed by atoms with Crippen LogP contribution in [0.15, 0.2) is 0 Å². The van der Waals surface area contributed by atoms with Crippen LogP contribution in [0.1, 0.15) is 20.8 Å². The Hall–Kier alpha value is -0.130. The van der Waals surface area contributed by atoms with Crippen LogP contribution in [0.2, 0.25) is 0 Å². The smallest absolute Gasteiger partial charge is 0.152 e. The van der Waals surface area contributed by atoms with Crippen molar-refractivity contribution in [2.75, 3.05) is 31.1 Å². The third-order valence-electron chi connectivity index (χ3n) is 3.04. The van der Waals surface area contributed by atoms with Crippen LogP contribution in [0.5, 0.6) is 0 Å². The molecule has 1 saturated heterocycles. The summed E-state index contributed by atoms with van der Waals surface area (Å²) in [5.74, 6) is 0.555. The maximum absolute atomic E-state index is 11.3. The van der Waals surface area contributed by atoms with Crippen LogP contribution in [0, 0.1) is 5.41 Å². The largest absolute Gasteiger partial charge is 0.329 e. The highest BCUT2D eigenvalue weighted by molar-refractivity contribution is 7.91. The standard InChI is InChI=1S/C10H22N2O2S/c1-10(2,3)9(8-11)12-4-6-15(13,14)7-5-12/h9H,4-8,11H2,1-3H3. The minimum Gasteiger partial charge on any atom is -0.329 e. The average Bonchev–Trinajstić information content (AvgIpc) is 2.06. The molecule has 0 aromatic rings. The van der Waals surface area contributed by atoms with Crippen LogP contribution in [-0.4, -0.2) is 50.5 Å². The van der Waals surface area contributed by atoms with Crippen LogP contribution < -0.4 is 5.73 Å². The zero-order chi connectivity index (χ0) is 11.7. The Kier molecular flexibility index (Phi) is 3.79. The molecule has 2 N–H and O–H groups in total. The Morgan fingerprint density at radius 3 is 2.07 bits per heavy atom. The summed E-state index contributed by atoms with van der Waals surface area (Å²) in [7, 11) is -2.79. The van der Waals surface area contributed by atoms with Crippen molar-refractivity contribution in [3.8, 4) is 0 Å². The van der Waals surface area contributed by atoms with Crippen molar-refractivity contribution in [1.29, 1.82) is 0 Å². The van der Waals surface area contributed by atoms with E-state index in [1.165, 1.54) is 0 Å². The Bertz CT molecular complexity index is 292. The van der Waals surface area contributed by atoms with E-state index in [9.17, 15) is 8.42 Å². The molecule has 0 spiro atoms. The van der Waals surface area contributed by atoms with E-state index in [4.69, 9.17) is 5.73 Å². The fraction of sp³-hybridized carbons (Fsp3) is 1.00. The van der Waals surface area contributed by atoms with Gasteiger partial charge in [-0.1, -0.05) is 20.8 Å².